The molecule has 5 nitrogen and oxygen atoms in total. The second-order valence-corrected chi connectivity index (χ2v) is 4.27. The Balaban J connectivity index is 2.36. The number of hydrogen-bond donors (Lipinski definition) is 2. The summed E-state index contributed by atoms with van der Waals surface area (Å²) in [4.78, 5) is 19.8. The Morgan fingerprint density at radius 3 is 2.71 bits per heavy atom. The molecule has 0 amide bonds. The minimum absolute atomic E-state index is 0.104. The van der Waals surface area contributed by atoms with Gasteiger partial charge in [-0.1, -0.05) is 11.8 Å². The van der Waals surface area contributed by atoms with Gasteiger partial charge in [0, 0.05) is 17.3 Å². The third-order valence-electron chi connectivity index (χ3n) is 1.97. The van der Waals surface area contributed by atoms with Crippen molar-refractivity contribution in [1.82, 2.24) is 9.97 Å². The molecule has 2 aromatic heterocycles. The van der Waals surface area contributed by atoms with Crippen molar-refractivity contribution in [2.24, 2.45) is 0 Å². The zero-order valence-electron chi connectivity index (χ0n) is 8.70. The van der Waals surface area contributed by atoms with E-state index in [0.29, 0.717) is 10.7 Å². The first-order chi connectivity index (χ1) is 8.16. The number of carbonyl (C=O) groups is 1. The summed E-state index contributed by atoms with van der Waals surface area (Å²) in [5.74, 6) is -1.04. The van der Waals surface area contributed by atoms with Gasteiger partial charge in [-0.15, -0.1) is 0 Å². The number of hydrogen-bond acceptors (Lipinski definition) is 5. The van der Waals surface area contributed by atoms with E-state index in [1.165, 1.54) is 24.0 Å². The van der Waals surface area contributed by atoms with Crippen LogP contribution in [0.1, 0.15) is 10.4 Å². The smallest absolute Gasteiger partial charge is 0.338 e. The fourth-order valence-corrected chi connectivity index (χ4v) is 2.06. The minimum atomic E-state index is -1.04. The molecular weight excluding hydrogens is 238 g/mol. The second-order valence-electron chi connectivity index (χ2n) is 3.21. The maximum atomic E-state index is 11.0. The predicted molar refractivity (Wildman–Crippen MR) is 64.0 cm³/mol. The van der Waals surface area contributed by atoms with Crippen LogP contribution in [0.5, 0.6) is 0 Å². The standard InChI is InChI=1S/C11H9N3O2S/c12-7-5-9(11(15)16)10(14-6-7)17-8-1-3-13-4-2-8/h1-6H,12H2,(H,15,16). The van der Waals surface area contributed by atoms with Crippen molar-refractivity contribution in [2.45, 2.75) is 9.92 Å². The molecule has 0 saturated heterocycles. The number of pyridine rings is 2. The van der Waals surface area contributed by atoms with E-state index in [1.807, 2.05) is 0 Å². The fraction of sp³-hybridized carbons (Fsp3) is 0. The van der Waals surface area contributed by atoms with Crippen LogP contribution in [-0.2, 0) is 0 Å². The van der Waals surface area contributed by atoms with Gasteiger partial charge in [0.15, 0.2) is 0 Å². The number of nitrogens with two attached hydrogens (primary N) is 1. The van der Waals surface area contributed by atoms with Crippen LogP contribution in [-0.4, -0.2) is 21.0 Å². The maximum Gasteiger partial charge on any atom is 0.338 e. The third-order valence-corrected chi connectivity index (χ3v) is 2.99. The van der Waals surface area contributed by atoms with E-state index in [1.54, 1.807) is 24.5 Å². The topological polar surface area (TPSA) is 89.1 Å². The molecule has 17 heavy (non-hydrogen) atoms. The van der Waals surface area contributed by atoms with Gasteiger partial charge in [0.05, 0.1) is 17.4 Å². The zero-order valence-corrected chi connectivity index (χ0v) is 9.52. The molecule has 0 aliphatic carbocycles. The summed E-state index contributed by atoms with van der Waals surface area (Å²) in [6.45, 7) is 0. The van der Waals surface area contributed by atoms with Crippen molar-refractivity contribution in [3.05, 3.63) is 42.4 Å². The maximum absolute atomic E-state index is 11.0. The molecule has 2 aromatic rings. The fourth-order valence-electron chi connectivity index (χ4n) is 1.22. The van der Waals surface area contributed by atoms with Crippen LogP contribution in [0.3, 0.4) is 0 Å². The van der Waals surface area contributed by atoms with Gasteiger partial charge in [-0.05, 0) is 18.2 Å². The lowest BCUT2D eigenvalue weighted by atomic mass is 10.3. The SMILES string of the molecule is Nc1cnc(Sc2ccncc2)c(C(=O)O)c1. The van der Waals surface area contributed by atoms with E-state index in [9.17, 15) is 4.79 Å². The number of carboxylic acid groups (broad SMARTS) is 1. The molecule has 0 unspecified atom stereocenters. The number of aromatic nitrogens is 2. The molecule has 3 N–H and O–H groups in total. The molecule has 2 heterocycles. The molecule has 86 valence electrons. The van der Waals surface area contributed by atoms with Crippen LogP contribution in [0.25, 0.3) is 0 Å². The van der Waals surface area contributed by atoms with Gasteiger partial charge >= 0.3 is 5.97 Å². The highest BCUT2D eigenvalue weighted by Crippen LogP contribution is 2.28. The van der Waals surface area contributed by atoms with Gasteiger partial charge in [-0.2, -0.15) is 0 Å². The lowest BCUT2D eigenvalue weighted by Gasteiger charge is -2.05. The Bertz CT molecular complexity index is 546. The van der Waals surface area contributed by atoms with Crippen molar-refractivity contribution in [2.75, 3.05) is 5.73 Å². The van der Waals surface area contributed by atoms with Crippen LogP contribution >= 0.6 is 11.8 Å². The molecule has 6 heteroatoms. The number of aromatic carboxylic acids is 1. The van der Waals surface area contributed by atoms with Crippen molar-refractivity contribution < 1.29 is 9.90 Å². The summed E-state index contributed by atoms with van der Waals surface area (Å²) in [5, 5.41) is 9.46. The summed E-state index contributed by atoms with van der Waals surface area (Å²) in [5.41, 5.74) is 5.95. The Hall–Kier alpha value is -2.08. The largest absolute Gasteiger partial charge is 0.478 e. The molecular formula is C11H9N3O2S. The average molecular weight is 247 g/mol. The monoisotopic (exact) mass is 247 g/mol. The first-order valence-electron chi connectivity index (χ1n) is 4.73. The Labute approximate surface area is 102 Å². The van der Waals surface area contributed by atoms with Crippen LogP contribution < -0.4 is 5.73 Å². The molecule has 0 radical (unpaired) electrons. The molecule has 2 rings (SSSR count). The van der Waals surface area contributed by atoms with Crippen molar-refractivity contribution in [1.29, 1.82) is 0 Å². The van der Waals surface area contributed by atoms with Crippen LogP contribution in [0.2, 0.25) is 0 Å². The van der Waals surface area contributed by atoms with Gasteiger partial charge in [-0.25, -0.2) is 9.78 Å². The van der Waals surface area contributed by atoms with Gasteiger partial charge in [0.25, 0.3) is 0 Å². The third kappa shape index (κ3) is 2.73. The molecule has 0 aliphatic heterocycles. The van der Waals surface area contributed by atoms with Gasteiger partial charge < -0.3 is 10.8 Å². The molecule has 0 bridgehead atoms. The average Bonchev–Trinajstić information content (AvgIpc) is 2.32. The van der Waals surface area contributed by atoms with Crippen LogP contribution in [0.4, 0.5) is 5.69 Å². The normalized spacial score (nSPS) is 10.1. The van der Waals surface area contributed by atoms with Crippen molar-refractivity contribution in [3.63, 3.8) is 0 Å². The summed E-state index contributed by atoms with van der Waals surface area (Å²) in [6.07, 6.45) is 4.72. The molecule has 0 spiro atoms. The van der Waals surface area contributed by atoms with E-state index in [2.05, 4.69) is 9.97 Å². The number of rotatable bonds is 3. The summed E-state index contributed by atoms with van der Waals surface area (Å²) < 4.78 is 0. The van der Waals surface area contributed by atoms with Gasteiger partial charge in [0.1, 0.15) is 5.03 Å². The number of carboxylic acids is 1. The number of nitrogen functional groups attached to an aromatic ring is 1. The van der Waals surface area contributed by atoms with Crippen molar-refractivity contribution >= 4 is 23.4 Å². The lowest BCUT2D eigenvalue weighted by molar-refractivity contribution is 0.0692. The minimum Gasteiger partial charge on any atom is -0.478 e. The predicted octanol–water partition coefficient (Wildman–Crippen LogP) is 1.91. The quantitative estimate of drug-likeness (QED) is 0.861. The van der Waals surface area contributed by atoms with E-state index in [4.69, 9.17) is 10.8 Å². The first-order valence-corrected chi connectivity index (χ1v) is 5.55. The van der Waals surface area contributed by atoms with Crippen LogP contribution in [0.15, 0.2) is 46.7 Å². The summed E-state index contributed by atoms with van der Waals surface area (Å²) >= 11 is 1.26. The van der Waals surface area contributed by atoms with Gasteiger partial charge in [0.2, 0.25) is 0 Å². The number of nitrogens with zero attached hydrogens (tertiary/aromatic N) is 2. The summed E-state index contributed by atoms with van der Waals surface area (Å²) in [7, 11) is 0. The highest BCUT2D eigenvalue weighted by Gasteiger charge is 2.13. The summed E-state index contributed by atoms with van der Waals surface area (Å²) in [6, 6.07) is 4.97. The molecule has 0 fully saturated rings. The van der Waals surface area contributed by atoms with E-state index in [0.717, 1.165) is 4.90 Å². The first kappa shape index (κ1) is 11.4. The Morgan fingerprint density at radius 2 is 2.06 bits per heavy atom. The number of anilines is 1. The van der Waals surface area contributed by atoms with E-state index >= 15 is 0 Å². The highest BCUT2D eigenvalue weighted by atomic mass is 32.2. The molecule has 0 saturated carbocycles. The van der Waals surface area contributed by atoms with Crippen LogP contribution in [0, 0.1) is 0 Å². The van der Waals surface area contributed by atoms with E-state index < -0.39 is 5.97 Å². The molecule has 0 atom stereocenters. The molecule has 0 aliphatic rings. The zero-order chi connectivity index (χ0) is 12.3. The van der Waals surface area contributed by atoms with Crippen molar-refractivity contribution in [3.8, 4) is 0 Å². The molecule has 0 aromatic carbocycles. The second kappa shape index (κ2) is 4.84. The Morgan fingerprint density at radius 1 is 1.35 bits per heavy atom. The lowest BCUT2D eigenvalue weighted by Crippen LogP contribution is -2.02. The Kier molecular flexibility index (Phi) is 3.24. The highest BCUT2D eigenvalue weighted by molar-refractivity contribution is 7.99. The van der Waals surface area contributed by atoms with Gasteiger partial charge in [-0.3, -0.25) is 4.98 Å². The van der Waals surface area contributed by atoms with E-state index in [-0.39, 0.29) is 5.56 Å².